The van der Waals surface area contributed by atoms with Gasteiger partial charge in [-0.25, -0.2) is 10.1 Å². The summed E-state index contributed by atoms with van der Waals surface area (Å²) >= 11 is 6.77. The number of ketones is 2. The Hall–Kier alpha value is -10.2. The number of benzene rings is 6. The molecule has 0 N–H and O–H groups in total. The number of rotatable bonds is 22. The Bertz CT molecular complexity index is 4760. The van der Waals surface area contributed by atoms with Gasteiger partial charge in [-0.1, -0.05) is 178 Å². The van der Waals surface area contributed by atoms with Gasteiger partial charge in [-0.3, -0.25) is 9.59 Å². The molecule has 496 valence electrons. The zero-order chi connectivity index (χ0) is 69.7. The lowest BCUT2D eigenvalue weighted by Crippen LogP contribution is -2.29. The van der Waals surface area contributed by atoms with Gasteiger partial charge in [-0.05, 0) is 141 Å². The summed E-state index contributed by atoms with van der Waals surface area (Å²) in [5, 5.41) is 31.5. The van der Waals surface area contributed by atoms with Gasteiger partial charge in [0.2, 0.25) is 0 Å². The van der Waals surface area contributed by atoms with Crippen LogP contribution in [0.15, 0.2) is 180 Å². The van der Waals surface area contributed by atoms with Crippen LogP contribution >= 0.6 is 45.3 Å². The second-order valence-corrected chi connectivity index (χ2v) is 30.9. The van der Waals surface area contributed by atoms with Gasteiger partial charge in [0.25, 0.3) is 5.70 Å². The van der Waals surface area contributed by atoms with Crippen LogP contribution in [0.2, 0.25) is 0 Å². The monoisotopic (exact) mass is 1380 g/mol. The number of carbonyl (C=O) groups excluding carboxylic acids is 2. The van der Waals surface area contributed by atoms with E-state index in [4.69, 9.17) is 25.5 Å². The SMILES string of the molecule is [C-]#[N+]/C(C#N)=C1/C(=C/c2cc3c(s2)-c2sc4c5c(sc4c2C3(c2ccc(OC[C@H](C)CC)cc2)c2ccc(OC[C@H](C)CC)cc2)-c2sc(/C=C3\C(=O)c4ccccc4C3=C(C#N)C#N)cc2C5(c2ccc(OC[C@@H](C)CC)cc2)c2ccc(OC[C@@H](C)CC)cc2)C(=O)c2ccccc21. The van der Waals surface area contributed by atoms with E-state index in [9.17, 15) is 25.4 Å². The summed E-state index contributed by atoms with van der Waals surface area (Å²) in [5.41, 5.74) is 9.34. The minimum absolute atomic E-state index is 0.126. The number of Topliss-reactive ketones (excluding diaryl/α,β-unsaturated/α-hetero) is 2. The van der Waals surface area contributed by atoms with Crippen LogP contribution in [0.5, 0.6) is 23.0 Å². The van der Waals surface area contributed by atoms with Crippen molar-refractivity contribution in [1.82, 2.24) is 0 Å². The van der Waals surface area contributed by atoms with E-state index in [-0.39, 0.29) is 22.8 Å². The Morgan fingerprint density at radius 3 is 1.08 bits per heavy atom. The van der Waals surface area contributed by atoms with Gasteiger partial charge in [-0.2, -0.15) is 10.5 Å². The third kappa shape index (κ3) is 11.1. The van der Waals surface area contributed by atoms with E-state index >= 15 is 0 Å². The first kappa shape index (κ1) is 67.0. The molecule has 0 amide bonds. The highest BCUT2D eigenvalue weighted by molar-refractivity contribution is 7.34. The zero-order valence-corrected chi connectivity index (χ0v) is 60.3. The molecule has 6 aromatic carbocycles. The first-order valence-corrected chi connectivity index (χ1v) is 37.5. The molecule has 0 radical (unpaired) electrons. The molecule has 0 saturated carbocycles. The lowest BCUT2D eigenvalue weighted by atomic mass is 9.67. The van der Waals surface area contributed by atoms with Crippen LogP contribution in [0.4, 0.5) is 0 Å². The molecule has 14 rings (SSSR count). The Morgan fingerprint density at radius 1 is 0.450 bits per heavy atom. The maximum atomic E-state index is 14.8. The Morgan fingerprint density at radius 2 is 0.770 bits per heavy atom. The van der Waals surface area contributed by atoms with E-state index in [1.165, 1.54) is 0 Å². The number of allylic oxidation sites excluding steroid dienone is 6. The molecule has 4 aliphatic carbocycles. The Kier molecular flexibility index (Phi) is 18.4. The van der Waals surface area contributed by atoms with Gasteiger partial charge in [-0.15, -0.1) is 45.3 Å². The van der Waals surface area contributed by atoms with E-state index in [2.05, 4.69) is 188 Å². The molecule has 14 heteroatoms. The average Bonchev–Trinajstić information content (AvgIpc) is 1.49. The number of ether oxygens (including phenoxy) is 4. The van der Waals surface area contributed by atoms with Gasteiger partial charge < -0.3 is 18.9 Å². The van der Waals surface area contributed by atoms with Crippen molar-refractivity contribution in [2.24, 2.45) is 23.7 Å². The van der Waals surface area contributed by atoms with Crippen LogP contribution in [0.25, 0.3) is 57.1 Å². The van der Waals surface area contributed by atoms with Crippen molar-refractivity contribution >= 4 is 89.6 Å². The van der Waals surface area contributed by atoms with E-state index in [1.807, 2.05) is 48.6 Å². The van der Waals surface area contributed by atoms with Crippen LogP contribution in [0.1, 0.15) is 167 Å². The molecule has 0 aliphatic heterocycles. The van der Waals surface area contributed by atoms with Crippen LogP contribution < -0.4 is 18.9 Å². The maximum absolute atomic E-state index is 14.8. The third-order valence-electron chi connectivity index (χ3n) is 20.5. The van der Waals surface area contributed by atoms with Gasteiger partial charge in [0.1, 0.15) is 40.7 Å². The number of nitrogens with zero attached hydrogens (tertiary/aromatic N) is 4. The highest BCUT2D eigenvalue weighted by Crippen LogP contribution is 2.70. The summed E-state index contributed by atoms with van der Waals surface area (Å²) in [4.78, 5) is 39.0. The fraction of sp³-hybridized carbons (Fsp3) is 0.256. The summed E-state index contributed by atoms with van der Waals surface area (Å²) < 4.78 is 28.3. The van der Waals surface area contributed by atoms with Gasteiger partial charge in [0.05, 0.1) is 78.8 Å². The quantitative estimate of drug-likeness (QED) is 0.0367. The summed E-state index contributed by atoms with van der Waals surface area (Å²) in [6.07, 6.45) is 7.68. The minimum Gasteiger partial charge on any atom is -0.493 e. The largest absolute Gasteiger partial charge is 0.493 e. The molecule has 0 unspecified atom stereocenters. The molecule has 0 fully saturated rings. The maximum Gasteiger partial charge on any atom is 0.270 e. The lowest BCUT2D eigenvalue weighted by molar-refractivity contribution is 0.103. The van der Waals surface area contributed by atoms with Crippen LogP contribution in [-0.2, 0) is 10.8 Å². The number of hydrogen-bond donors (Lipinski definition) is 0. The predicted octanol–water partition coefficient (Wildman–Crippen LogP) is 22.0. The van der Waals surface area contributed by atoms with Crippen molar-refractivity contribution in [2.45, 2.75) is 91.9 Å². The van der Waals surface area contributed by atoms with Crippen LogP contribution in [0.3, 0.4) is 0 Å². The molecule has 0 bridgehead atoms. The zero-order valence-electron chi connectivity index (χ0n) is 57.0. The molecule has 4 heterocycles. The normalized spacial score (nSPS) is 16.7. The highest BCUT2D eigenvalue weighted by atomic mass is 32.1. The van der Waals surface area contributed by atoms with E-state index in [1.54, 1.807) is 57.5 Å². The van der Waals surface area contributed by atoms with Gasteiger partial charge in [0, 0.05) is 54.3 Å². The van der Waals surface area contributed by atoms with Crippen molar-refractivity contribution in [2.75, 3.05) is 26.4 Å². The number of fused-ring (bicyclic) bond motifs is 11. The summed E-state index contributed by atoms with van der Waals surface area (Å²) in [7, 11) is 0. The molecule has 4 aromatic heterocycles. The molecular formula is C86H72N4O6S4. The standard InChI is InChI=1S/C86H72N4O6S4/c1-10-49(5)45-93-58-30-22-54(23-31-58)85(55-24-32-59(33-25-55)94-46-50(6)11-2)70-40-62(38-68-73(53(42-87)43-88)64-18-14-16-20-66(64)77(68)91)97-79(70)81-75(85)83-84(99-81)76-82(100-83)80-71(41-63(98-80)39-69-74(72(44-89)90-9)65-19-15-17-21-67(65)78(69)92)86(76,56-26-34-60(35-27-56)95-47-51(7)12-3)57-28-36-61(37-29-57)96-48-52(8)13-4/h14-41,49-52H,10-13,45-48H2,1-8H3/b68-38-,69-39-,74-72+/t49-,50-,51+,52+/m0/s1. The molecular weight excluding hydrogens is 1310 g/mol. The molecule has 10 aromatic rings. The molecule has 10 nitrogen and oxygen atoms in total. The fourth-order valence-electron chi connectivity index (χ4n) is 14.2. The first-order valence-electron chi connectivity index (χ1n) is 34.3. The van der Waals surface area contributed by atoms with Crippen molar-refractivity contribution in [3.63, 3.8) is 0 Å². The third-order valence-corrected chi connectivity index (χ3v) is 25.5. The fourth-order valence-corrected chi connectivity index (χ4v) is 19.9. The Labute approximate surface area is 600 Å². The second-order valence-electron chi connectivity index (χ2n) is 26.7. The van der Waals surface area contributed by atoms with Gasteiger partial charge in [0.15, 0.2) is 11.6 Å². The van der Waals surface area contributed by atoms with E-state index in [0.29, 0.717) is 94.6 Å². The van der Waals surface area contributed by atoms with Crippen molar-refractivity contribution < 1.29 is 28.5 Å². The molecule has 4 aliphatic rings. The summed E-state index contributed by atoms with van der Waals surface area (Å²) in [6.45, 7) is 27.9. The molecule has 0 spiro atoms. The van der Waals surface area contributed by atoms with Crippen molar-refractivity contribution in [1.29, 1.82) is 15.8 Å². The number of hydrogen-bond acceptors (Lipinski definition) is 13. The number of nitriles is 3. The number of thiophene rings is 4. The van der Waals surface area contributed by atoms with Gasteiger partial charge >= 0.3 is 0 Å². The van der Waals surface area contributed by atoms with Crippen molar-refractivity contribution in [3.8, 4) is 60.7 Å². The van der Waals surface area contributed by atoms with Crippen molar-refractivity contribution in [3.05, 3.63) is 268 Å². The second kappa shape index (κ2) is 27.5. The average molecular weight is 1390 g/mol. The smallest absolute Gasteiger partial charge is 0.270 e. The lowest BCUT2D eigenvalue weighted by Gasteiger charge is -2.34. The van der Waals surface area contributed by atoms with E-state index < -0.39 is 10.8 Å². The topological polar surface area (TPSA) is 147 Å². The summed E-state index contributed by atoms with van der Waals surface area (Å²) in [5.74, 6) is 3.94. The first-order chi connectivity index (χ1) is 48.7. The molecule has 100 heavy (non-hydrogen) atoms. The molecule has 0 saturated heterocycles. The Balaban J connectivity index is 1.07. The van der Waals surface area contributed by atoms with E-state index in [0.717, 1.165) is 132 Å². The summed E-state index contributed by atoms with van der Waals surface area (Å²) in [6, 6.07) is 59.6. The predicted molar refractivity (Wildman–Crippen MR) is 405 cm³/mol. The number of carbonyl (C=O) groups is 2. The molecule has 4 atom stereocenters. The van der Waals surface area contributed by atoms with Crippen LogP contribution in [-0.4, -0.2) is 38.0 Å². The highest BCUT2D eigenvalue weighted by Gasteiger charge is 2.55. The minimum atomic E-state index is -1.01. The van der Waals surface area contributed by atoms with Crippen LogP contribution in [0, 0.1) is 64.2 Å².